The van der Waals surface area contributed by atoms with Crippen LogP contribution in [0.1, 0.15) is 24.0 Å². The average molecular weight is 426 g/mol. The summed E-state index contributed by atoms with van der Waals surface area (Å²) in [6, 6.07) is 4.47. The van der Waals surface area contributed by atoms with Crippen molar-refractivity contribution in [3.8, 4) is 0 Å². The molecular weight excluding hydrogens is 411 g/mol. The summed E-state index contributed by atoms with van der Waals surface area (Å²) in [6.07, 6.45) is -5.45. The number of carbonyl (C=O) groups is 1. The fourth-order valence-corrected chi connectivity index (χ4v) is 5.28. The molecule has 0 spiro atoms. The smallest absolute Gasteiger partial charge is 0.390 e. The van der Waals surface area contributed by atoms with Gasteiger partial charge in [-0.25, -0.2) is 9.37 Å². The lowest BCUT2D eigenvalue weighted by Crippen LogP contribution is -2.44. The van der Waals surface area contributed by atoms with E-state index in [0.717, 1.165) is 12.1 Å². The number of hydrogen-bond donors (Lipinski definition) is 2. The molecule has 10 heteroatoms. The zero-order chi connectivity index (χ0) is 21.5. The quantitative estimate of drug-likeness (QED) is 0.584. The molecule has 30 heavy (non-hydrogen) atoms. The number of rotatable bonds is 3. The summed E-state index contributed by atoms with van der Waals surface area (Å²) in [4.78, 5) is 16.7. The third-order valence-corrected chi connectivity index (χ3v) is 6.51. The Labute approximate surface area is 166 Å². The standard InChI is InChI=1S/C20H15F5N2O3/c21-11-3-10(20(23,24)25)4-12(6-11)27-17(29)19-8-18(19,9-1-2-26-15(22)5-9)16-13(28)7-14(19)30-16/h1-6,13-14,16,28H,7-8H2,(H,27,29)/t13-,14+,16-,18+,19+/m0/s1. The molecular formula is C20H15F5N2O3. The Morgan fingerprint density at radius 1 is 1.23 bits per heavy atom. The SMILES string of the molecule is O=C(Nc1cc(F)cc(C(F)(F)F)c1)[C@]12C[C@@]1(c1ccnc(F)c1)[C@H]1O[C@@H]2C[C@@H]1O. The minimum absolute atomic E-state index is 0.171. The molecule has 2 aliphatic heterocycles. The summed E-state index contributed by atoms with van der Waals surface area (Å²) >= 11 is 0. The largest absolute Gasteiger partial charge is 0.416 e. The van der Waals surface area contributed by atoms with Gasteiger partial charge in [0.1, 0.15) is 5.82 Å². The lowest BCUT2D eigenvalue weighted by Gasteiger charge is -2.29. The number of aliphatic hydroxyl groups excluding tert-OH is 1. The molecule has 1 amide bonds. The molecule has 2 saturated heterocycles. The predicted octanol–water partition coefficient (Wildman–Crippen LogP) is 3.18. The molecule has 5 nitrogen and oxygen atoms in total. The van der Waals surface area contributed by atoms with Crippen LogP contribution < -0.4 is 5.32 Å². The van der Waals surface area contributed by atoms with E-state index in [1.165, 1.54) is 12.3 Å². The van der Waals surface area contributed by atoms with Crippen molar-refractivity contribution in [1.29, 1.82) is 0 Å². The van der Waals surface area contributed by atoms with Crippen LogP contribution in [-0.4, -0.2) is 34.3 Å². The molecule has 2 bridgehead atoms. The Morgan fingerprint density at radius 2 is 2.00 bits per heavy atom. The van der Waals surface area contributed by atoms with Crippen molar-refractivity contribution in [2.24, 2.45) is 5.41 Å². The van der Waals surface area contributed by atoms with Crippen LogP contribution >= 0.6 is 0 Å². The number of pyridine rings is 1. The van der Waals surface area contributed by atoms with E-state index in [2.05, 4.69) is 10.3 Å². The van der Waals surface area contributed by atoms with Gasteiger partial charge in [0.2, 0.25) is 11.9 Å². The van der Waals surface area contributed by atoms with Crippen LogP contribution in [0.2, 0.25) is 0 Å². The van der Waals surface area contributed by atoms with Crippen LogP contribution in [0.4, 0.5) is 27.6 Å². The van der Waals surface area contributed by atoms with Gasteiger partial charge in [0.15, 0.2) is 0 Å². The molecule has 0 unspecified atom stereocenters. The molecule has 0 radical (unpaired) electrons. The maximum Gasteiger partial charge on any atom is 0.416 e. The highest BCUT2D eigenvalue weighted by Crippen LogP contribution is 2.77. The van der Waals surface area contributed by atoms with Gasteiger partial charge < -0.3 is 15.2 Å². The van der Waals surface area contributed by atoms with Crippen molar-refractivity contribution in [3.05, 3.63) is 59.4 Å². The highest BCUT2D eigenvalue weighted by molar-refractivity contribution is 6.01. The summed E-state index contributed by atoms with van der Waals surface area (Å²) in [7, 11) is 0. The number of fused-ring (bicyclic) bond motifs is 5. The molecule has 1 aliphatic carbocycles. The Bertz CT molecular complexity index is 1060. The second-order valence-electron chi connectivity index (χ2n) is 8.02. The number of hydrogen-bond acceptors (Lipinski definition) is 4. The number of alkyl halides is 3. The van der Waals surface area contributed by atoms with Crippen molar-refractivity contribution in [2.45, 2.75) is 42.7 Å². The molecule has 1 aromatic carbocycles. The normalized spacial score (nSPS) is 34.0. The topological polar surface area (TPSA) is 71.5 Å². The fourth-order valence-electron chi connectivity index (χ4n) is 5.28. The number of nitrogens with zero attached hydrogens (tertiary/aromatic N) is 1. The first-order chi connectivity index (χ1) is 14.1. The third-order valence-electron chi connectivity index (χ3n) is 6.51. The van der Waals surface area contributed by atoms with Gasteiger partial charge in [-0.3, -0.25) is 4.79 Å². The number of carbonyl (C=O) groups excluding carboxylic acids is 1. The van der Waals surface area contributed by atoms with Gasteiger partial charge in [-0.05, 0) is 42.3 Å². The first kappa shape index (κ1) is 19.4. The molecule has 2 aromatic rings. The number of halogens is 5. The van der Waals surface area contributed by atoms with Crippen molar-refractivity contribution in [3.63, 3.8) is 0 Å². The molecule has 5 atom stereocenters. The zero-order valence-electron chi connectivity index (χ0n) is 15.2. The van der Waals surface area contributed by atoms with Crippen molar-refractivity contribution < 1.29 is 36.6 Å². The Kier molecular flexibility index (Phi) is 3.86. The molecule has 2 N–H and O–H groups in total. The highest BCUT2D eigenvalue weighted by Gasteiger charge is 2.87. The summed E-state index contributed by atoms with van der Waals surface area (Å²) in [6.45, 7) is 0. The van der Waals surface area contributed by atoms with Crippen LogP contribution in [-0.2, 0) is 21.1 Å². The molecule has 3 aliphatic rings. The summed E-state index contributed by atoms with van der Waals surface area (Å²) in [5.41, 5.74) is -3.37. The van der Waals surface area contributed by atoms with E-state index in [1.807, 2.05) is 0 Å². The molecule has 3 heterocycles. The van der Waals surface area contributed by atoms with Gasteiger partial charge in [0.25, 0.3) is 0 Å². The van der Waals surface area contributed by atoms with Crippen molar-refractivity contribution in [2.75, 3.05) is 5.32 Å². The van der Waals surface area contributed by atoms with E-state index >= 15 is 0 Å². The lowest BCUT2D eigenvalue weighted by molar-refractivity contribution is -0.137. The average Bonchev–Trinajstić information content (AvgIpc) is 3.14. The van der Waals surface area contributed by atoms with E-state index in [0.29, 0.717) is 17.7 Å². The van der Waals surface area contributed by atoms with E-state index in [9.17, 15) is 31.9 Å². The Hall–Kier alpha value is -2.59. The number of ether oxygens (including phenoxy) is 1. The number of aliphatic hydroxyl groups is 1. The lowest BCUT2D eigenvalue weighted by atomic mass is 9.74. The maximum atomic E-state index is 13.8. The van der Waals surface area contributed by atoms with Crippen LogP contribution in [0, 0.1) is 17.2 Å². The van der Waals surface area contributed by atoms with E-state index in [-0.39, 0.29) is 18.5 Å². The number of anilines is 1. The number of benzene rings is 1. The van der Waals surface area contributed by atoms with Crippen LogP contribution in [0.5, 0.6) is 0 Å². The second kappa shape index (κ2) is 5.98. The van der Waals surface area contributed by atoms with Crippen molar-refractivity contribution in [1.82, 2.24) is 4.98 Å². The number of amides is 1. The van der Waals surface area contributed by atoms with Gasteiger partial charge in [-0.1, -0.05) is 0 Å². The Morgan fingerprint density at radius 3 is 2.70 bits per heavy atom. The third kappa shape index (κ3) is 2.46. The molecule has 3 fully saturated rings. The van der Waals surface area contributed by atoms with Gasteiger partial charge in [-0.15, -0.1) is 0 Å². The first-order valence-electron chi connectivity index (χ1n) is 9.23. The minimum Gasteiger partial charge on any atom is -0.390 e. The summed E-state index contributed by atoms with van der Waals surface area (Å²) in [5.74, 6) is -2.56. The van der Waals surface area contributed by atoms with E-state index in [4.69, 9.17) is 4.74 Å². The van der Waals surface area contributed by atoms with E-state index < -0.39 is 58.6 Å². The molecule has 1 saturated carbocycles. The Balaban J connectivity index is 1.51. The van der Waals surface area contributed by atoms with Crippen LogP contribution in [0.25, 0.3) is 0 Å². The monoisotopic (exact) mass is 426 g/mol. The minimum atomic E-state index is -4.78. The summed E-state index contributed by atoms with van der Waals surface area (Å²) in [5, 5.41) is 12.7. The van der Waals surface area contributed by atoms with Crippen molar-refractivity contribution >= 4 is 11.6 Å². The fraction of sp³-hybridized carbons (Fsp3) is 0.400. The highest BCUT2D eigenvalue weighted by atomic mass is 19.4. The molecule has 1 aromatic heterocycles. The van der Waals surface area contributed by atoms with Crippen LogP contribution in [0.15, 0.2) is 36.5 Å². The maximum absolute atomic E-state index is 13.8. The number of nitrogens with one attached hydrogen (secondary N) is 1. The molecule has 158 valence electrons. The van der Waals surface area contributed by atoms with Gasteiger partial charge in [-0.2, -0.15) is 17.6 Å². The van der Waals surface area contributed by atoms with E-state index in [1.54, 1.807) is 0 Å². The second-order valence-corrected chi connectivity index (χ2v) is 8.02. The number of aromatic nitrogens is 1. The molecule has 5 rings (SSSR count). The van der Waals surface area contributed by atoms with Gasteiger partial charge in [0, 0.05) is 23.7 Å². The van der Waals surface area contributed by atoms with Gasteiger partial charge >= 0.3 is 6.18 Å². The predicted molar refractivity (Wildman–Crippen MR) is 92.2 cm³/mol. The summed E-state index contributed by atoms with van der Waals surface area (Å²) < 4.78 is 72.2. The van der Waals surface area contributed by atoms with Crippen LogP contribution in [0.3, 0.4) is 0 Å². The zero-order valence-corrected chi connectivity index (χ0v) is 15.2. The first-order valence-corrected chi connectivity index (χ1v) is 9.23. The van der Waals surface area contributed by atoms with Gasteiger partial charge in [0.05, 0.1) is 29.3 Å².